The fourth-order valence-electron chi connectivity index (χ4n) is 3.52. The van der Waals surface area contributed by atoms with Crippen molar-refractivity contribution in [2.45, 2.75) is 69.9 Å². The van der Waals surface area contributed by atoms with E-state index in [0.29, 0.717) is 0 Å². The summed E-state index contributed by atoms with van der Waals surface area (Å²) in [7, 11) is -2.18. The fraction of sp³-hybridized carbons (Fsp3) is 0.632. The van der Waals surface area contributed by atoms with Gasteiger partial charge in [0.15, 0.2) is 0 Å². The molecule has 0 atom stereocenters. The van der Waals surface area contributed by atoms with Gasteiger partial charge in [0.05, 0.1) is 11.4 Å². The summed E-state index contributed by atoms with van der Waals surface area (Å²) in [6, 6.07) is 7.03. The molecule has 0 aliphatic heterocycles. The van der Waals surface area contributed by atoms with E-state index in [0.717, 1.165) is 35.6 Å². The van der Waals surface area contributed by atoms with Gasteiger partial charge < -0.3 is 4.90 Å². The minimum atomic E-state index is -3.65. The lowest BCUT2D eigenvalue weighted by atomic mass is 9.93. The van der Waals surface area contributed by atoms with Crippen molar-refractivity contribution < 1.29 is 13.2 Å². The molecule has 25 heavy (non-hydrogen) atoms. The first kappa shape index (κ1) is 19.9. The average molecular weight is 367 g/mol. The van der Waals surface area contributed by atoms with Gasteiger partial charge in [-0.25, -0.2) is 8.42 Å². The van der Waals surface area contributed by atoms with Gasteiger partial charge in [0.25, 0.3) is 0 Å². The van der Waals surface area contributed by atoms with Crippen molar-refractivity contribution in [1.29, 1.82) is 0 Å². The second-order valence-electron chi connectivity index (χ2n) is 7.26. The van der Waals surface area contributed by atoms with Crippen LogP contribution in [0.4, 0.5) is 0 Å². The normalized spacial score (nSPS) is 16.4. The molecule has 1 aromatic carbocycles. The summed E-state index contributed by atoms with van der Waals surface area (Å²) in [5.41, 5.74) is 1.00. The van der Waals surface area contributed by atoms with Crippen molar-refractivity contribution in [2.75, 3.05) is 13.6 Å². The summed E-state index contributed by atoms with van der Waals surface area (Å²) in [5, 5.41) is 0. The van der Waals surface area contributed by atoms with Crippen molar-refractivity contribution in [3.8, 4) is 0 Å². The van der Waals surface area contributed by atoms with Crippen LogP contribution in [0.5, 0.6) is 0 Å². The Kier molecular flexibility index (Phi) is 6.63. The molecule has 1 amide bonds. The van der Waals surface area contributed by atoms with Crippen molar-refractivity contribution in [3.05, 3.63) is 29.8 Å². The van der Waals surface area contributed by atoms with Crippen LogP contribution in [0.2, 0.25) is 0 Å². The van der Waals surface area contributed by atoms with Gasteiger partial charge >= 0.3 is 0 Å². The molecule has 1 aliphatic rings. The zero-order valence-corrected chi connectivity index (χ0v) is 16.6. The quantitative estimate of drug-likeness (QED) is 0.777. The lowest BCUT2D eigenvalue weighted by Gasteiger charge is -2.38. The van der Waals surface area contributed by atoms with Crippen LogP contribution in [-0.2, 0) is 14.8 Å². The van der Waals surface area contributed by atoms with Crippen LogP contribution in [0.15, 0.2) is 29.2 Å². The highest BCUT2D eigenvalue weighted by molar-refractivity contribution is 7.89. The third kappa shape index (κ3) is 4.82. The Morgan fingerprint density at radius 2 is 1.68 bits per heavy atom. The number of carbonyl (C=O) groups is 1. The Balaban J connectivity index is 2.12. The first-order valence-electron chi connectivity index (χ1n) is 9.07. The van der Waals surface area contributed by atoms with E-state index in [2.05, 4.69) is 0 Å². The van der Waals surface area contributed by atoms with E-state index in [9.17, 15) is 13.2 Å². The van der Waals surface area contributed by atoms with Gasteiger partial charge in [-0.15, -0.1) is 0 Å². The summed E-state index contributed by atoms with van der Waals surface area (Å²) in [6.45, 7) is 5.79. The first-order valence-corrected chi connectivity index (χ1v) is 10.5. The van der Waals surface area contributed by atoms with Gasteiger partial charge in [0, 0.05) is 19.1 Å². The molecule has 0 saturated heterocycles. The van der Waals surface area contributed by atoms with E-state index in [4.69, 9.17) is 0 Å². The molecule has 0 aromatic heterocycles. The number of benzene rings is 1. The monoisotopic (exact) mass is 366 g/mol. The molecule has 0 unspecified atom stereocenters. The topological polar surface area (TPSA) is 57.7 Å². The number of hydrogen-bond acceptors (Lipinski definition) is 3. The van der Waals surface area contributed by atoms with Crippen LogP contribution in [0.25, 0.3) is 0 Å². The molecule has 1 aliphatic carbocycles. The van der Waals surface area contributed by atoms with Crippen molar-refractivity contribution >= 4 is 15.9 Å². The minimum Gasteiger partial charge on any atom is -0.336 e. The predicted octanol–water partition coefficient (Wildman–Crippen LogP) is 3.19. The van der Waals surface area contributed by atoms with Crippen LogP contribution < -0.4 is 0 Å². The molecule has 2 rings (SSSR count). The Labute approximate surface area is 152 Å². The number of aryl methyl sites for hydroxylation is 1. The number of carbonyl (C=O) groups excluding carboxylic acids is 1. The van der Waals surface area contributed by atoms with Gasteiger partial charge in [0.1, 0.15) is 0 Å². The van der Waals surface area contributed by atoms with Crippen molar-refractivity contribution in [1.82, 2.24) is 9.21 Å². The molecule has 5 nitrogen and oxygen atoms in total. The zero-order chi connectivity index (χ0) is 18.6. The third-order valence-electron chi connectivity index (χ3n) is 4.90. The maximum atomic E-state index is 12.8. The molecular weight excluding hydrogens is 336 g/mol. The number of likely N-dealkylation sites (N-methyl/N-ethyl adjacent to an activating group) is 1. The largest absolute Gasteiger partial charge is 0.336 e. The van der Waals surface area contributed by atoms with Gasteiger partial charge in [-0.1, -0.05) is 37.0 Å². The molecule has 1 saturated carbocycles. The fourth-order valence-corrected chi connectivity index (χ4v) is 4.64. The zero-order valence-electron chi connectivity index (χ0n) is 15.7. The second-order valence-corrected chi connectivity index (χ2v) is 9.31. The van der Waals surface area contributed by atoms with E-state index in [-0.39, 0.29) is 29.4 Å². The molecule has 6 heteroatoms. The summed E-state index contributed by atoms with van der Waals surface area (Å²) in [5.74, 6) is -0.111. The van der Waals surface area contributed by atoms with E-state index in [1.807, 2.05) is 25.7 Å². The standard InChI is InChI=1S/C19H30N2O3S/c1-15(2)21(17-8-6-5-7-9-17)19(22)14-20(4)25(23,24)18-12-10-16(3)11-13-18/h10-13,15,17H,5-9,14H2,1-4H3. The van der Waals surface area contributed by atoms with Crippen LogP contribution in [-0.4, -0.2) is 49.2 Å². The third-order valence-corrected chi connectivity index (χ3v) is 6.72. The van der Waals surface area contributed by atoms with Gasteiger partial charge in [0.2, 0.25) is 15.9 Å². The minimum absolute atomic E-state index is 0.0751. The number of amides is 1. The number of nitrogens with zero attached hydrogens (tertiary/aromatic N) is 2. The SMILES string of the molecule is Cc1ccc(S(=O)(=O)N(C)CC(=O)N(C(C)C)C2CCCCC2)cc1. The van der Waals surface area contributed by atoms with E-state index in [1.54, 1.807) is 24.3 Å². The summed E-state index contributed by atoms with van der Waals surface area (Å²) in [6.07, 6.45) is 5.52. The van der Waals surface area contributed by atoms with Crippen LogP contribution >= 0.6 is 0 Å². The number of rotatable bonds is 6. The average Bonchev–Trinajstić information content (AvgIpc) is 2.56. The maximum absolute atomic E-state index is 12.8. The highest BCUT2D eigenvalue weighted by Crippen LogP contribution is 2.25. The van der Waals surface area contributed by atoms with Crippen LogP contribution in [0.1, 0.15) is 51.5 Å². The Hall–Kier alpha value is -1.40. The summed E-state index contributed by atoms with van der Waals surface area (Å²) < 4.78 is 26.6. The van der Waals surface area contributed by atoms with E-state index < -0.39 is 10.0 Å². The molecule has 1 fully saturated rings. The smallest absolute Gasteiger partial charge is 0.243 e. The molecule has 0 heterocycles. The first-order chi connectivity index (χ1) is 11.7. The van der Waals surface area contributed by atoms with Crippen molar-refractivity contribution in [2.24, 2.45) is 0 Å². The summed E-state index contributed by atoms with van der Waals surface area (Å²) in [4.78, 5) is 15.0. The van der Waals surface area contributed by atoms with Crippen LogP contribution in [0, 0.1) is 6.92 Å². The Morgan fingerprint density at radius 3 is 2.20 bits per heavy atom. The maximum Gasteiger partial charge on any atom is 0.243 e. The molecule has 0 N–H and O–H groups in total. The lowest BCUT2D eigenvalue weighted by Crippen LogP contribution is -2.49. The van der Waals surface area contributed by atoms with E-state index in [1.165, 1.54) is 13.5 Å². The predicted molar refractivity (Wildman–Crippen MR) is 99.8 cm³/mol. The highest BCUT2D eigenvalue weighted by Gasteiger charge is 2.30. The molecule has 0 bridgehead atoms. The van der Waals surface area contributed by atoms with Gasteiger partial charge in [-0.05, 0) is 45.7 Å². The highest BCUT2D eigenvalue weighted by atomic mass is 32.2. The Morgan fingerprint density at radius 1 is 1.12 bits per heavy atom. The second kappa shape index (κ2) is 8.32. The number of sulfonamides is 1. The molecule has 0 spiro atoms. The Bertz CT molecular complexity index is 677. The summed E-state index contributed by atoms with van der Waals surface area (Å²) >= 11 is 0. The van der Waals surface area contributed by atoms with E-state index >= 15 is 0 Å². The van der Waals surface area contributed by atoms with Gasteiger partial charge in [-0.2, -0.15) is 4.31 Å². The molecule has 1 aromatic rings. The molecule has 140 valence electrons. The van der Waals surface area contributed by atoms with Gasteiger partial charge in [-0.3, -0.25) is 4.79 Å². The number of hydrogen-bond donors (Lipinski definition) is 0. The van der Waals surface area contributed by atoms with Crippen LogP contribution in [0.3, 0.4) is 0 Å². The van der Waals surface area contributed by atoms with Crippen molar-refractivity contribution in [3.63, 3.8) is 0 Å². The molecular formula is C19H30N2O3S. The lowest BCUT2D eigenvalue weighted by molar-refractivity contribution is -0.136. The molecule has 0 radical (unpaired) electrons.